The normalized spacial score (nSPS) is 16.7. The number of nitrogens with two attached hydrogens (primary N) is 1. The number of nitrogens with zero attached hydrogens (tertiary/aromatic N) is 2. The van der Waals surface area contributed by atoms with Gasteiger partial charge in [0.1, 0.15) is 0 Å². The molecule has 0 bridgehead atoms. The fraction of sp³-hybridized carbons (Fsp3) is 0.611. The zero-order valence-corrected chi connectivity index (χ0v) is 17.0. The van der Waals surface area contributed by atoms with Crippen LogP contribution in [0.25, 0.3) is 0 Å². The zero-order valence-electron chi connectivity index (χ0n) is 14.6. The first-order valence-electron chi connectivity index (χ1n) is 8.31. The van der Waals surface area contributed by atoms with Crippen LogP contribution in [0, 0.1) is 0 Å². The van der Waals surface area contributed by atoms with Crippen LogP contribution >= 0.6 is 24.0 Å². The molecule has 1 aromatic rings. The lowest BCUT2D eigenvalue weighted by Crippen LogP contribution is -2.45. The number of benzene rings is 1. The van der Waals surface area contributed by atoms with Gasteiger partial charge in [-0.3, -0.25) is 4.90 Å². The molecule has 1 aliphatic rings. The molecule has 0 saturated carbocycles. The Bertz CT molecular complexity index is 502. The molecule has 130 valence electrons. The fourth-order valence-electron chi connectivity index (χ4n) is 2.82. The van der Waals surface area contributed by atoms with E-state index in [1.54, 1.807) is 0 Å². The lowest BCUT2D eigenvalue weighted by Gasteiger charge is -2.27. The minimum absolute atomic E-state index is 0. The lowest BCUT2D eigenvalue weighted by molar-refractivity contribution is 0.220. The van der Waals surface area contributed by atoms with Crippen molar-refractivity contribution in [1.29, 1.82) is 0 Å². The van der Waals surface area contributed by atoms with Crippen molar-refractivity contribution in [3.8, 4) is 0 Å². The van der Waals surface area contributed by atoms with E-state index in [0.29, 0.717) is 12.5 Å². The molecule has 1 heterocycles. The second kappa shape index (κ2) is 9.47. The first-order chi connectivity index (χ1) is 10.4. The van der Waals surface area contributed by atoms with E-state index in [4.69, 9.17) is 5.73 Å². The van der Waals surface area contributed by atoms with Gasteiger partial charge in [-0.05, 0) is 57.8 Å². The van der Waals surface area contributed by atoms with Crippen LogP contribution in [0.3, 0.4) is 0 Å². The van der Waals surface area contributed by atoms with E-state index in [-0.39, 0.29) is 29.5 Å². The van der Waals surface area contributed by atoms with Crippen molar-refractivity contribution in [3.05, 3.63) is 35.4 Å². The maximum atomic E-state index is 5.97. The molecule has 23 heavy (non-hydrogen) atoms. The lowest BCUT2D eigenvalue weighted by atomic mass is 10.1. The number of hydrogen-bond donors (Lipinski definition) is 2. The molecule has 1 aliphatic heterocycles. The third-order valence-corrected chi connectivity index (χ3v) is 3.88. The Morgan fingerprint density at radius 3 is 2.35 bits per heavy atom. The predicted molar refractivity (Wildman–Crippen MR) is 109 cm³/mol. The van der Waals surface area contributed by atoms with Crippen molar-refractivity contribution in [2.45, 2.75) is 58.7 Å². The van der Waals surface area contributed by atoms with Crippen LogP contribution in [-0.2, 0) is 13.1 Å². The predicted octanol–water partition coefficient (Wildman–Crippen LogP) is 3.49. The third-order valence-electron chi connectivity index (χ3n) is 3.88. The Balaban J connectivity index is 0.00000264. The Hall–Kier alpha value is -0.820. The van der Waals surface area contributed by atoms with Gasteiger partial charge in [-0.15, -0.1) is 24.0 Å². The summed E-state index contributed by atoms with van der Waals surface area (Å²) >= 11 is 0. The number of rotatable bonds is 4. The number of likely N-dealkylation sites (tertiary alicyclic amines) is 1. The van der Waals surface area contributed by atoms with Crippen molar-refractivity contribution in [2.24, 2.45) is 10.7 Å². The minimum atomic E-state index is -0.0547. The van der Waals surface area contributed by atoms with Crippen LogP contribution in [0.2, 0.25) is 0 Å². The molecule has 0 aromatic heterocycles. The summed E-state index contributed by atoms with van der Waals surface area (Å²) in [5.41, 5.74) is 8.56. The fourth-order valence-corrected chi connectivity index (χ4v) is 2.82. The van der Waals surface area contributed by atoms with Gasteiger partial charge < -0.3 is 11.1 Å². The van der Waals surface area contributed by atoms with Crippen LogP contribution in [0.1, 0.15) is 51.2 Å². The minimum Gasteiger partial charge on any atom is -0.370 e. The van der Waals surface area contributed by atoms with Crippen molar-refractivity contribution in [3.63, 3.8) is 0 Å². The first kappa shape index (κ1) is 20.2. The van der Waals surface area contributed by atoms with Crippen LogP contribution in [0.5, 0.6) is 0 Å². The molecule has 2 rings (SSSR count). The van der Waals surface area contributed by atoms with Gasteiger partial charge in [0.15, 0.2) is 5.96 Å². The monoisotopic (exact) mass is 430 g/mol. The van der Waals surface area contributed by atoms with Crippen LogP contribution in [0.4, 0.5) is 0 Å². The van der Waals surface area contributed by atoms with Gasteiger partial charge in [0.05, 0.1) is 6.54 Å². The number of hydrogen-bond acceptors (Lipinski definition) is 2. The standard InChI is InChI=1S/C18H30N4.HI/c1-18(2,3)21-17(19)20-13-15-9-5-6-10-16(15)14-22-11-7-4-8-12-22;/h5-6,9-10H,4,7-8,11-14H2,1-3H3,(H3,19,20,21);1H. The van der Waals surface area contributed by atoms with E-state index in [1.165, 1.54) is 43.5 Å². The maximum absolute atomic E-state index is 5.97. The first-order valence-corrected chi connectivity index (χ1v) is 8.31. The van der Waals surface area contributed by atoms with Gasteiger partial charge >= 0.3 is 0 Å². The second-order valence-electron chi connectivity index (χ2n) is 7.18. The van der Waals surface area contributed by atoms with E-state index in [1.807, 2.05) is 0 Å². The summed E-state index contributed by atoms with van der Waals surface area (Å²) in [7, 11) is 0. The molecule has 1 saturated heterocycles. The van der Waals surface area contributed by atoms with Gasteiger partial charge in [0.2, 0.25) is 0 Å². The molecule has 1 fully saturated rings. The number of guanidine groups is 1. The molecule has 4 nitrogen and oxygen atoms in total. The van der Waals surface area contributed by atoms with Gasteiger partial charge in [0, 0.05) is 12.1 Å². The van der Waals surface area contributed by atoms with Crippen LogP contribution in [0.15, 0.2) is 29.3 Å². The van der Waals surface area contributed by atoms with Gasteiger partial charge in [-0.1, -0.05) is 30.7 Å². The highest BCUT2D eigenvalue weighted by Gasteiger charge is 2.13. The van der Waals surface area contributed by atoms with Crippen molar-refractivity contribution in [1.82, 2.24) is 10.2 Å². The zero-order chi connectivity index (χ0) is 16.0. The highest BCUT2D eigenvalue weighted by molar-refractivity contribution is 14.0. The van der Waals surface area contributed by atoms with E-state index in [9.17, 15) is 0 Å². The van der Waals surface area contributed by atoms with Gasteiger partial charge in [-0.25, -0.2) is 4.99 Å². The average molecular weight is 430 g/mol. The van der Waals surface area contributed by atoms with E-state index in [0.717, 1.165) is 6.54 Å². The second-order valence-corrected chi connectivity index (χ2v) is 7.18. The van der Waals surface area contributed by atoms with E-state index in [2.05, 4.69) is 60.2 Å². The molecule has 0 atom stereocenters. The summed E-state index contributed by atoms with van der Waals surface area (Å²) in [6, 6.07) is 8.57. The highest BCUT2D eigenvalue weighted by Crippen LogP contribution is 2.16. The van der Waals surface area contributed by atoms with Gasteiger partial charge in [-0.2, -0.15) is 0 Å². The topological polar surface area (TPSA) is 53.6 Å². The molecule has 0 aliphatic carbocycles. The summed E-state index contributed by atoms with van der Waals surface area (Å²) in [6.07, 6.45) is 4.02. The third kappa shape index (κ3) is 7.52. The Morgan fingerprint density at radius 1 is 1.13 bits per heavy atom. The number of nitrogens with one attached hydrogen (secondary N) is 1. The summed E-state index contributed by atoms with van der Waals surface area (Å²) in [6.45, 7) is 10.3. The van der Waals surface area contributed by atoms with Crippen molar-refractivity contribution in [2.75, 3.05) is 13.1 Å². The molecule has 0 unspecified atom stereocenters. The number of aliphatic imine (C=N–C) groups is 1. The molecular weight excluding hydrogens is 399 g/mol. The summed E-state index contributed by atoms with van der Waals surface area (Å²) < 4.78 is 0. The quantitative estimate of drug-likeness (QED) is 0.437. The average Bonchev–Trinajstić information content (AvgIpc) is 2.46. The molecule has 0 spiro atoms. The van der Waals surface area contributed by atoms with Crippen LogP contribution in [-0.4, -0.2) is 29.5 Å². The SMILES string of the molecule is CC(C)(C)NC(N)=NCc1ccccc1CN1CCCCC1.I. The maximum Gasteiger partial charge on any atom is 0.189 e. The van der Waals surface area contributed by atoms with Crippen LogP contribution < -0.4 is 11.1 Å². The van der Waals surface area contributed by atoms with E-state index >= 15 is 0 Å². The summed E-state index contributed by atoms with van der Waals surface area (Å²) in [5, 5.41) is 3.21. The van der Waals surface area contributed by atoms with Gasteiger partial charge in [0.25, 0.3) is 0 Å². The molecule has 3 N–H and O–H groups in total. The molecule has 0 radical (unpaired) electrons. The van der Waals surface area contributed by atoms with Crippen molar-refractivity contribution < 1.29 is 0 Å². The molecule has 1 aromatic carbocycles. The van der Waals surface area contributed by atoms with E-state index < -0.39 is 0 Å². The largest absolute Gasteiger partial charge is 0.370 e. The number of halogens is 1. The molecule has 5 heteroatoms. The Kier molecular flexibility index (Phi) is 8.33. The highest BCUT2D eigenvalue weighted by atomic mass is 127. The summed E-state index contributed by atoms with van der Waals surface area (Å²) in [5.74, 6) is 0.514. The summed E-state index contributed by atoms with van der Waals surface area (Å²) in [4.78, 5) is 7.04. The molecular formula is C18H31IN4. The smallest absolute Gasteiger partial charge is 0.189 e. The Labute approximate surface area is 157 Å². The molecule has 0 amide bonds. The Morgan fingerprint density at radius 2 is 1.74 bits per heavy atom. The number of piperidine rings is 1. The van der Waals surface area contributed by atoms with Crippen molar-refractivity contribution >= 4 is 29.9 Å².